The third-order valence-corrected chi connectivity index (χ3v) is 2.90. The van der Waals surface area contributed by atoms with Crippen molar-refractivity contribution in [3.8, 4) is 0 Å². The second kappa shape index (κ2) is 6.16. The van der Waals surface area contributed by atoms with Gasteiger partial charge in [-0.05, 0) is 55.3 Å². The Morgan fingerprint density at radius 3 is 2.68 bits per heavy atom. The van der Waals surface area contributed by atoms with Crippen LogP contribution in [0.4, 0.5) is 5.69 Å². The van der Waals surface area contributed by atoms with Gasteiger partial charge in [0.1, 0.15) is 0 Å². The summed E-state index contributed by atoms with van der Waals surface area (Å²) in [6.45, 7) is 2.58. The highest BCUT2D eigenvalue weighted by Crippen LogP contribution is 2.12. The normalized spacial score (nSPS) is 10.2. The topological polar surface area (TPSA) is 55.1 Å². The van der Waals surface area contributed by atoms with Gasteiger partial charge in [-0.15, -0.1) is 0 Å². The summed E-state index contributed by atoms with van der Waals surface area (Å²) in [7, 11) is 0. The fourth-order valence-electron chi connectivity index (χ4n) is 1.96. The lowest BCUT2D eigenvalue weighted by Crippen LogP contribution is -2.12. The fraction of sp³-hybridized carbons (Fsp3) is 0.188. The van der Waals surface area contributed by atoms with E-state index in [0.29, 0.717) is 12.1 Å². The van der Waals surface area contributed by atoms with Gasteiger partial charge in [0.15, 0.2) is 0 Å². The predicted molar refractivity (Wildman–Crippen MR) is 78.3 cm³/mol. The van der Waals surface area contributed by atoms with Gasteiger partial charge in [-0.2, -0.15) is 0 Å². The molecule has 0 fully saturated rings. The van der Waals surface area contributed by atoms with Crippen LogP contribution in [0.15, 0.2) is 48.5 Å². The molecule has 3 nitrogen and oxygen atoms in total. The zero-order valence-corrected chi connectivity index (χ0v) is 11.0. The highest BCUT2D eigenvalue weighted by atomic mass is 16.1. The number of nitrogens with one attached hydrogen (secondary N) is 1. The Kier molecular flexibility index (Phi) is 4.31. The van der Waals surface area contributed by atoms with E-state index in [-0.39, 0.29) is 5.91 Å². The number of amides is 1. The Morgan fingerprint density at radius 1 is 1.16 bits per heavy atom. The van der Waals surface area contributed by atoms with Gasteiger partial charge >= 0.3 is 0 Å². The maximum absolute atomic E-state index is 12.1. The van der Waals surface area contributed by atoms with Gasteiger partial charge in [-0.3, -0.25) is 4.79 Å². The molecule has 2 rings (SSSR count). The van der Waals surface area contributed by atoms with Crippen molar-refractivity contribution in [1.82, 2.24) is 0 Å². The quantitative estimate of drug-likeness (QED) is 0.881. The molecular formula is C16H18N2O. The Balaban J connectivity index is 2.13. The summed E-state index contributed by atoms with van der Waals surface area (Å²) in [5.41, 5.74) is 9.20. The standard InChI is InChI=1S/C16H18N2O/c1-12-4-2-7-15(10-12)18-16(19)14-6-3-5-13(11-14)8-9-17/h2-7,10-11H,8-9,17H2,1H3,(H,18,19). The third-order valence-electron chi connectivity index (χ3n) is 2.90. The van der Waals surface area contributed by atoms with Crippen LogP contribution in [0, 0.1) is 6.92 Å². The molecule has 0 aliphatic heterocycles. The summed E-state index contributed by atoms with van der Waals surface area (Å²) in [6, 6.07) is 15.3. The van der Waals surface area contributed by atoms with Crippen LogP contribution in [0.1, 0.15) is 21.5 Å². The number of carbonyl (C=O) groups is 1. The number of rotatable bonds is 4. The molecule has 19 heavy (non-hydrogen) atoms. The van der Waals surface area contributed by atoms with Gasteiger partial charge in [0, 0.05) is 11.3 Å². The first kappa shape index (κ1) is 13.3. The van der Waals surface area contributed by atoms with E-state index in [1.165, 1.54) is 0 Å². The van der Waals surface area contributed by atoms with Crippen molar-refractivity contribution in [2.45, 2.75) is 13.3 Å². The number of aryl methyl sites for hydroxylation is 1. The lowest BCUT2D eigenvalue weighted by Gasteiger charge is -2.07. The van der Waals surface area contributed by atoms with Crippen LogP contribution in [-0.2, 0) is 6.42 Å². The van der Waals surface area contributed by atoms with E-state index in [1.54, 1.807) is 0 Å². The van der Waals surface area contributed by atoms with Gasteiger partial charge in [0.2, 0.25) is 0 Å². The van der Waals surface area contributed by atoms with E-state index in [0.717, 1.165) is 23.2 Å². The second-order valence-corrected chi connectivity index (χ2v) is 4.56. The minimum atomic E-state index is -0.0931. The maximum Gasteiger partial charge on any atom is 0.255 e. The molecule has 98 valence electrons. The van der Waals surface area contributed by atoms with Crippen molar-refractivity contribution in [3.05, 3.63) is 65.2 Å². The average Bonchev–Trinajstić information content (AvgIpc) is 2.39. The Bertz CT molecular complexity index is 578. The third kappa shape index (κ3) is 3.66. The van der Waals surface area contributed by atoms with Gasteiger partial charge in [-0.1, -0.05) is 24.3 Å². The molecule has 3 heteroatoms. The lowest BCUT2D eigenvalue weighted by molar-refractivity contribution is 0.102. The number of anilines is 1. The van der Waals surface area contributed by atoms with Gasteiger partial charge in [-0.25, -0.2) is 0 Å². The van der Waals surface area contributed by atoms with Crippen molar-refractivity contribution in [2.75, 3.05) is 11.9 Å². The van der Waals surface area contributed by atoms with Crippen LogP contribution in [-0.4, -0.2) is 12.5 Å². The molecule has 0 bridgehead atoms. The van der Waals surface area contributed by atoms with Gasteiger partial charge < -0.3 is 11.1 Å². The van der Waals surface area contributed by atoms with E-state index in [2.05, 4.69) is 5.32 Å². The number of nitrogens with two attached hydrogens (primary N) is 1. The molecule has 2 aromatic rings. The first-order chi connectivity index (χ1) is 9.19. The summed E-state index contributed by atoms with van der Waals surface area (Å²) in [4.78, 5) is 12.1. The fourth-order valence-corrected chi connectivity index (χ4v) is 1.96. The minimum absolute atomic E-state index is 0.0931. The molecule has 2 aromatic carbocycles. The van der Waals surface area contributed by atoms with Crippen molar-refractivity contribution < 1.29 is 4.79 Å². The maximum atomic E-state index is 12.1. The Hall–Kier alpha value is -2.13. The van der Waals surface area contributed by atoms with Crippen LogP contribution in [0.2, 0.25) is 0 Å². The van der Waals surface area contributed by atoms with Crippen LogP contribution < -0.4 is 11.1 Å². The van der Waals surface area contributed by atoms with E-state index in [9.17, 15) is 4.79 Å². The minimum Gasteiger partial charge on any atom is -0.330 e. The van der Waals surface area contributed by atoms with E-state index >= 15 is 0 Å². The average molecular weight is 254 g/mol. The van der Waals surface area contributed by atoms with Crippen molar-refractivity contribution in [1.29, 1.82) is 0 Å². The molecule has 0 aromatic heterocycles. The molecule has 0 spiro atoms. The largest absolute Gasteiger partial charge is 0.330 e. The van der Waals surface area contributed by atoms with Crippen LogP contribution in [0.5, 0.6) is 0 Å². The SMILES string of the molecule is Cc1cccc(NC(=O)c2cccc(CCN)c2)c1. The van der Waals surface area contributed by atoms with E-state index in [4.69, 9.17) is 5.73 Å². The number of hydrogen-bond donors (Lipinski definition) is 2. The molecule has 0 aliphatic carbocycles. The van der Waals surface area contributed by atoms with Crippen molar-refractivity contribution in [3.63, 3.8) is 0 Å². The Morgan fingerprint density at radius 2 is 1.95 bits per heavy atom. The smallest absolute Gasteiger partial charge is 0.255 e. The Labute approximate surface area is 113 Å². The molecule has 0 aliphatic rings. The number of carbonyl (C=O) groups excluding carboxylic acids is 1. The molecule has 0 atom stereocenters. The first-order valence-corrected chi connectivity index (χ1v) is 6.36. The second-order valence-electron chi connectivity index (χ2n) is 4.56. The summed E-state index contributed by atoms with van der Waals surface area (Å²) in [6.07, 6.45) is 0.783. The monoisotopic (exact) mass is 254 g/mol. The molecule has 0 heterocycles. The summed E-state index contributed by atoms with van der Waals surface area (Å²) in [5.74, 6) is -0.0931. The number of hydrogen-bond acceptors (Lipinski definition) is 2. The molecule has 0 unspecified atom stereocenters. The van der Waals surface area contributed by atoms with E-state index in [1.807, 2.05) is 55.5 Å². The summed E-state index contributed by atoms with van der Waals surface area (Å²) >= 11 is 0. The van der Waals surface area contributed by atoms with Crippen LogP contribution in [0.3, 0.4) is 0 Å². The summed E-state index contributed by atoms with van der Waals surface area (Å²) < 4.78 is 0. The van der Waals surface area contributed by atoms with Crippen molar-refractivity contribution >= 4 is 11.6 Å². The van der Waals surface area contributed by atoms with Gasteiger partial charge in [0.25, 0.3) is 5.91 Å². The molecular weight excluding hydrogens is 236 g/mol. The molecule has 3 N–H and O–H groups in total. The zero-order chi connectivity index (χ0) is 13.7. The molecule has 0 saturated heterocycles. The molecule has 1 amide bonds. The highest BCUT2D eigenvalue weighted by molar-refractivity contribution is 6.04. The first-order valence-electron chi connectivity index (χ1n) is 6.36. The van der Waals surface area contributed by atoms with Crippen LogP contribution in [0.25, 0.3) is 0 Å². The summed E-state index contributed by atoms with van der Waals surface area (Å²) in [5, 5.41) is 2.90. The zero-order valence-electron chi connectivity index (χ0n) is 11.0. The van der Waals surface area contributed by atoms with Crippen molar-refractivity contribution in [2.24, 2.45) is 5.73 Å². The van der Waals surface area contributed by atoms with E-state index < -0.39 is 0 Å². The predicted octanol–water partition coefficient (Wildman–Crippen LogP) is 2.75. The highest BCUT2D eigenvalue weighted by Gasteiger charge is 2.06. The van der Waals surface area contributed by atoms with Crippen LogP contribution >= 0.6 is 0 Å². The molecule has 0 radical (unpaired) electrons. The van der Waals surface area contributed by atoms with Gasteiger partial charge in [0.05, 0.1) is 0 Å². The lowest BCUT2D eigenvalue weighted by atomic mass is 10.1. The molecule has 0 saturated carbocycles. The number of benzene rings is 2.